The summed E-state index contributed by atoms with van der Waals surface area (Å²) in [4.78, 5) is 10.2. The molecular formula is C12H16O2. The van der Waals surface area contributed by atoms with Crippen LogP contribution in [0.1, 0.15) is 24.5 Å². The van der Waals surface area contributed by atoms with E-state index in [1.165, 1.54) is 5.56 Å². The van der Waals surface area contributed by atoms with Gasteiger partial charge in [0.15, 0.2) is 0 Å². The van der Waals surface area contributed by atoms with Crippen LogP contribution in [0.25, 0.3) is 0 Å². The predicted octanol–water partition coefficient (Wildman–Crippen LogP) is 2.53. The Balaban J connectivity index is 2.72. The molecule has 0 N–H and O–H groups in total. The number of carbonyl (C=O) groups excluding carboxylic acids is 1. The van der Waals surface area contributed by atoms with Crippen molar-refractivity contribution in [2.75, 3.05) is 6.61 Å². The summed E-state index contributed by atoms with van der Waals surface area (Å²) in [5, 5.41) is 0. The highest BCUT2D eigenvalue weighted by Crippen LogP contribution is 2.19. The molecule has 1 aromatic carbocycles. The second kappa shape index (κ2) is 5.43. The lowest BCUT2D eigenvalue weighted by Gasteiger charge is -2.08. The van der Waals surface area contributed by atoms with Gasteiger partial charge < -0.3 is 9.53 Å². The van der Waals surface area contributed by atoms with Gasteiger partial charge in [0.1, 0.15) is 12.0 Å². The van der Waals surface area contributed by atoms with Crippen LogP contribution in [0.5, 0.6) is 5.75 Å². The second-order valence-corrected chi connectivity index (χ2v) is 3.24. The van der Waals surface area contributed by atoms with Crippen molar-refractivity contribution in [3.8, 4) is 5.75 Å². The molecule has 14 heavy (non-hydrogen) atoms. The van der Waals surface area contributed by atoms with Crippen LogP contribution in [0, 0.1) is 6.92 Å². The maximum absolute atomic E-state index is 10.2. The van der Waals surface area contributed by atoms with Gasteiger partial charge in [-0.3, -0.25) is 0 Å². The van der Waals surface area contributed by atoms with Gasteiger partial charge in [-0.2, -0.15) is 0 Å². The number of aldehydes is 1. The Morgan fingerprint density at radius 2 is 2.21 bits per heavy atom. The van der Waals surface area contributed by atoms with E-state index in [9.17, 15) is 4.79 Å². The fraction of sp³-hybridized carbons (Fsp3) is 0.417. The van der Waals surface area contributed by atoms with E-state index in [2.05, 4.69) is 6.07 Å². The lowest BCUT2D eigenvalue weighted by molar-refractivity contribution is -0.107. The van der Waals surface area contributed by atoms with Crippen LogP contribution >= 0.6 is 0 Å². The average Bonchev–Trinajstić information content (AvgIpc) is 2.19. The number of rotatable bonds is 5. The molecule has 0 heterocycles. The van der Waals surface area contributed by atoms with Crippen molar-refractivity contribution in [1.82, 2.24) is 0 Å². The Hall–Kier alpha value is -1.31. The van der Waals surface area contributed by atoms with Gasteiger partial charge in [0, 0.05) is 6.42 Å². The number of benzene rings is 1. The molecule has 0 atom stereocenters. The summed E-state index contributed by atoms with van der Waals surface area (Å²) >= 11 is 0. The van der Waals surface area contributed by atoms with Crippen molar-refractivity contribution >= 4 is 6.29 Å². The van der Waals surface area contributed by atoms with Crippen molar-refractivity contribution in [1.29, 1.82) is 0 Å². The van der Waals surface area contributed by atoms with Crippen molar-refractivity contribution in [2.45, 2.75) is 26.7 Å². The van der Waals surface area contributed by atoms with E-state index in [4.69, 9.17) is 4.74 Å². The summed E-state index contributed by atoms with van der Waals surface area (Å²) in [7, 11) is 0. The molecule has 2 nitrogen and oxygen atoms in total. The third-order valence-corrected chi connectivity index (χ3v) is 2.09. The molecule has 0 aromatic heterocycles. The Morgan fingerprint density at radius 1 is 1.43 bits per heavy atom. The standard InChI is InChI=1S/C12H16O2/c1-3-14-12-7-6-11(5-4-8-13)9-10(12)2/h6-9H,3-5H2,1-2H3. The molecule has 0 spiro atoms. The van der Waals surface area contributed by atoms with Crippen LogP contribution in [0.2, 0.25) is 0 Å². The van der Waals surface area contributed by atoms with E-state index in [1.54, 1.807) is 0 Å². The number of ether oxygens (including phenoxy) is 1. The van der Waals surface area contributed by atoms with E-state index in [1.807, 2.05) is 26.0 Å². The highest BCUT2D eigenvalue weighted by Gasteiger charge is 2.00. The van der Waals surface area contributed by atoms with Crippen LogP contribution in [-0.2, 0) is 11.2 Å². The zero-order chi connectivity index (χ0) is 10.4. The van der Waals surface area contributed by atoms with E-state index in [0.717, 1.165) is 24.0 Å². The molecule has 0 fully saturated rings. The molecule has 0 radical (unpaired) electrons. The van der Waals surface area contributed by atoms with Crippen molar-refractivity contribution in [2.24, 2.45) is 0 Å². The molecule has 0 bridgehead atoms. The normalized spacial score (nSPS) is 9.86. The third kappa shape index (κ3) is 2.87. The number of carbonyl (C=O) groups is 1. The average molecular weight is 192 g/mol. The van der Waals surface area contributed by atoms with Crippen molar-refractivity contribution < 1.29 is 9.53 Å². The predicted molar refractivity (Wildman–Crippen MR) is 56.7 cm³/mol. The maximum atomic E-state index is 10.2. The van der Waals surface area contributed by atoms with Crippen LogP contribution < -0.4 is 4.74 Å². The fourth-order valence-corrected chi connectivity index (χ4v) is 1.41. The van der Waals surface area contributed by atoms with Crippen molar-refractivity contribution in [3.63, 3.8) is 0 Å². The highest BCUT2D eigenvalue weighted by atomic mass is 16.5. The Kier molecular flexibility index (Phi) is 4.17. The smallest absolute Gasteiger partial charge is 0.122 e. The summed E-state index contributed by atoms with van der Waals surface area (Å²) in [5.74, 6) is 0.933. The molecule has 0 amide bonds. The molecule has 1 aromatic rings. The number of hydrogen-bond acceptors (Lipinski definition) is 2. The number of hydrogen-bond donors (Lipinski definition) is 0. The van der Waals surface area contributed by atoms with Gasteiger partial charge in [0.05, 0.1) is 6.61 Å². The lowest BCUT2D eigenvalue weighted by atomic mass is 10.1. The summed E-state index contributed by atoms with van der Waals surface area (Å²) in [5.41, 5.74) is 2.33. The molecule has 0 aliphatic carbocycles. The first kappa shape index (κ1) is 10.8. The first-order valence-corrected chi connectivity index (χ1v) is 4.94. The summed E-state index contributed by atoms with van der Waals surface area (Å²) in [6.07, 6.45) is 2.36. The molecule has 0 saturated heterocycles. The summed E-state index contributed by atoms with van der Waals surface area (Å²) < 4.78 is 5.43. The van der Waals surface area contributed by atoms with Gasteiger partial charge in [-0.05, 0) is 37.5 Å². The maximum Gasteiger partial charge on any atom is 0.122 e. The van der Waals surface area contributed by atoms with Gasteiger partial charge >= 0.3 is 0 Å². The van der Waals surface area contributed by atoms with E-state index in [0.29, 0.717) is 13.0 Å². The van der Waals surface area contributed by atoms with Crippen LogP contribution in [-0.4, -0.2) is 12.9 Å². The number of aryl methyl sites for hydroxylation is 2. The quantitative estimate of drug-likeness (QED) is 0.670. The molecular weight excluding hydrogens is 176 g/mol. The molecule has 1 rings (SSSR count). The minimum absolute atomic E-state index is 0.591. The van der Waals surface area contributed by atoms with Gasteiger partial charge in [0.2, 0.25) is 0 Å². The Morgan fingerprint density at radius 3 is 2.79 bits per heavy atom. The molecule has 2 heteroatoms. The largest absolute Gasteiger partial charge is 0.494 e. The molecule has 0 aliphatic heterocycles. The SMILES string of the molecule is CCOc1ccc(CCC=O)cc1C. The van der Waals surface area contributed by atoms with Gasteiger partial charge in [-0.25, -0.2) is 0 Å². The topological polar surface area (TPSA) is 26.3 Å². The first-order chi connectivity index (χ1) is 6.77. The second-order valence-electron chi connectivity index (χ2n) is 3.24. The zero-order valence-electron chi connectivity index (χ0n) is 8.75. The molecule has 76 valence electrons. The van der Waals surface area contributed by atoms with Gasteiger partial charge in [0.25, 0.3) is 0 Å². The van der Waals surface area contributed by atoms with E-state index < -0.39 is 0 Å². The Bertz CT molecular complexity index is 305. The molecule has 0 saturated carbocycles. The minimum atomic E-state index is 0.591. The van der Waals surface area contributed by atoms with Gasteiger partial charge in [-0.15, -0.1) is 0 Å². The van der Waals surface area contributed by atoms with Crippen molar-refractivity contribution in [3.05, 3.63) is 29.3 Å². The lowest BCUT2D eigenvalue weighted by Crippen LogP contribution is -1.95. The first-order valence-electron chi connectivity index (χ1n) is 4.94. The van der Waals surface area contributed by atoms with Crippen LogP contribution in [0.15, 0.2) is 18.2 Å². The van der Waals surface area contributed by atoms with Crippen LogP contribution in [0.3, 0.4) is 0 Å². The fourth-order valence-electron chi connectivity index (χ4n) is 1.41. The monoisotopic (exact) mass is 192 g/mol. The zero-order valence-corrected chi connectivity index (χ0v) is 8.75. The Labute approximate surface area is 84.9 Å². The summed E-state index contributed by atoms with van der Waals surface area (Å²) in [6, 6.07) is 6.06. The highest BCUT2D eigenvalue weighted by molar-refractivity contribution is 5.50. The molecule has 0 unspecified atom stereocenters. The van der Waals surface area contributed by atoms with E-state index >= 15 is 0 Å². The summed E-state index contributed by atoms with van der Waals surface area (Å²) in [6.45, 7) is 4.68. The molecule has 0 aliphatic rings. The third-order valence-electron chi connectivity index (χ3n) is 2.09. The van der Waals surface area contributed by atoms with Gasteiger partial charge in [-0.1, -0.05) is 12.1 Å². The van der Waals surface area contributed by atoms with Crippen LogP contribution in [0.4, 0.5) is 0 Å². The minimum Gasteiger partial charge on any atom is -0.494 e. The van der Waals surface area contributed by atoms with E-state index in [-0.39, 0.29) is 0 Å².